The number of carbonyl (C=O) groups excluding carboxylic acids is 1. The largest absolute Gasteiger partial charge is 0.504 e. The van der Waals surface area contributed by atoms with Crippen molar-refractivity contribution < 1.29 is 19.4 Å². The molecule has 2 fully saturated rings. The quantitative estimate of drug-likeness (QED) is 0.465. The second-order valence-corrected chi connectivity index (χ2v) is 10.3. The Kier molecular flexibility index (Phi) is 4.91. The highest BCUT2D eigenvalue weighted by Gasteiger charge is 2.74. The zero-order valence-corrected chi connectivity index (χ0v) is 19.1. The first-order valence-corrected chi connectivity index (χ1v) is 12.4. The fourth-order valence-corrected chi connectivity index (χ4v) is 7.70. The van der Waals surface area contributed by atoms with Crippen molar-refractivity contribution in [1.29, 1.82) is 0 Å². The lowest BCUT2D eigenvalue weighted by Gasteiger charge is -2.63. The summed E-state index contributed by atoms with van der Waals surface area (Å²) in [4.78, 5) is 13.2. The van der Waals surface area contributed by atoms with Gasteiger partial charge in [-0.15, -0.1) is 6.58 Å². The highest BCUT2D eigenvalue weighted by atomic mass is 16.5. The smallest absolute Gasteiger partial charge is 0.174 e. The van der Waals surface area contributed by atoms with Crippen LogP contribution in [0.25, 0.3) is 0 Å². The van der Waals surface area contributed by atoms with Gasteiger partial charge in [0.2, 0.25) is 0 Å². The number of aryl methyl sites for hydroxylation is 1. The van der Waals surface area contributed by atoms with E-state index in [1.807, 2.05) is 18.2 Å². The van der Waals surface area contributed by atoms with E-state index in [9.17, 15) is 9.90 Å². The Bertz CT molecular complexity index is 1090. The molecule has 1 unspecified atom stereocenters. The van der Waals surface area contributed by atoms with Gasteiger partial charge >= 0.3 is 0 Å². The fraction of sp³-hybridized carbons (Fsp3) is 0.483. The van der Waals surface area contributed by atoms with E-state index in [4.69, 9.17) is 9.47 Å². The van der Waals surface area contributed by atoms with Crippen LogP contribution in [-0.2, 0) is 27.8 Å². The maximum absolute atomic E-state index is 13.2. The second-order valence-electron chi connectivity index (χ2n) is 10.3. The molecule has 4 nitrogen and oxygen atoms in total. The van der Waals surface area contributed by atoms with Gasteiger partial charge in [0.1, 0.15) is 0 Å². The number of phenolic OH excluding ortho intramolecular Hbond substituents is 1. The third-order valence-electron chi connectivity index (χ3n) is 8.94. The number of hydrogen-bond acceptors (Lipinski definition) is 4. The zero-order chi connectivity index (χ0) is 22.6. The fourth-order valence-electron chi connectivity index (χ4n) is 7.70. The van der Waals surface area contributed by atoms with Gasteiger partial charge in [0.05, 0.1) is 11.0 Å². The molecule has 1 aliphatic heterocycles. The summed E-state index contributed by atoms with van der Waals surface area (Å²) in [6.45, 7) is 4.70. The van der Waals surface area contributed by atoms with Gasteiger partial charge in [-0.3, -0.25) is 4.79 Å². The van der Waals surface area contributed by atoms with Crippen LogP contribution >= 0.6 is 0 Å². The van der Waals surface area contributed by atoms with Crippen molar-refractivity contribution in [3.63, 3.8) is 0 Å². The van der Waals surface area contributed by atoms with Gasteiger partial charge in [-0.2, -0.15) is 0 Å². The van der Waals surface area contributed by atoms with Crippen LogP contribution in [0, 0.1) is 11.8 Å². The summed E-state index contributed by atoms with van der Waals surface area (Å²) in [5.41, 5.74) is 2.70. The van der Waals surface area contributed by atoms with Crippen molar-refractivity contribution in [3.8, 4) is 11.5 Å². The number of Topliss-reactive ketones (excluding diaryl/α,β-unsaturated/α-hetero) is 1. The average molecular weight is 445 g/mol. The zero-order valence-electron chi connectivity index (χ0n) is 19.1. The molecule has 2 saturated carbocycles. The molecule has 2 aromatic carbocycles. The Hall–Kier alpha value is -2.59. The number of rotatable bonds is 7. The van der Waals surface area contributed by atoms with Crippen LogP contribution in [0.4, 0.5) is 0 Å². The van der Waals surface area contributed by atoms with Crippen LogP contribution in [-0.4, -0.2) is 29.2 Å². The van der Waals surface area contributed by atoms with Crippen LogP contribution in [0.5, 0.6) is 11.5 Å². The summed E-state index contributed by atoms with van der Waals surface area (Å²) < 4.78 is 13.3. The number of allylic oxidation sites excluding steroid dienone is 1. The molecule has 6 rings (SSSR count). The van der Waals surface area contributed by atoms with Gasteiger partial charge in [-0.25, -0.2) is 0 Å². The lowest BCUT2D eigenvalue weighted by atomic mass is 9.43. The Labute approximate surface area is 195 Å². The maximum atomic E-state index is 13.2. The standard InChI is InChI=1S/C29H32O4/c1-2-7-20-13-15-28-25-21-11-12-23(30)26(25)33-27(28)24(31)14-16-29(28,22(20)18-21)32-17-6-10-19-8-4-3-5-9-19/h2-5,8-9,11-12,20,22,27,30H,1,6-7,10,13-18H2/t20?,22-,27-,28-,29+/m0/s1. The minimum atomic E-state index is -0.546. The van der Waals surface area contributed by atoms with Gasteiger partial charge in [-0.05, 0) is 74.0 Å². The van der Waals surface area contributed by atoms with E-state index in [2.05, 4.69) is 30.8 Å². The van der Waals surface area contributed by atoms with Crippen molar-refractivity contribution in [1.82, 2.24) is 0 Å². The van der Waals surface area contributed by atoms with Crippen LogP contribution < -0.4 is 4.74 Å². The molecule has 4 heteroatoms. The minimum Gasteiger partial charge on any atom is -0.504 e. The Balaban J connectivity index is 1.41. The van der Waals surface area contributed by atoms with E-state index in [1.165, 1.54) is 11.1 Å². The molecule has 1 spiro atoms. The Morgan fingerprint density at radius 2 is 2.03 bits per heavy atom. The predicted octanol–water partition coefficient (Wildman–Crippen LogP) is 5.30. The molecule has 0 aromatic heterocycles. The first-order valence-electron chi connectivity index (χ1n) is 12.4. The SMILES string of the molecule is C=CCC1CC[C@]23c4c5ccc(O)c4O[C@H]2C(=O)CC[C@@]3(OCCCc2ccccc2)[C@H]1C5. The lowest BCUT2D eigenvalue weighted by molar-refractivity contribution is -0.214. The number of carbonyl (C=O) groups is 1. The Morgan fingerprint density at radius 1 is 1.18 bits per heavy atom. The van der Waals surface area contributed by atoms with E-state index in [-0.39, 0.29) is 11.5 Å². The van der Waals surface area contributed by atoms with Crippen LogP contribution in [0.3, 0.4) is 0 Å². The van der Waals surface area contributed by atoms with Gasteiger partial charge in [0, 0.05) is 18.6 Å². The molecule has 1 heterocycles. The average Bonchev–Trinajstić information content (AvgIpc) is 3.19. The molecule has 2 aromatic rings. The van der Waals surface area contributed by atoms with Crippen molar-refractivity contribution in [2.75, 3.05) is 6.61 Å². The molecule has 33 heavy (non-hydrogen) atoms. The molecule has 4 aliphatic rings. The summed E-state index contributed by atoms with van der Waals surface area (Å²) in [7, 11) is 0. The summed E-state index contributed by atoms with van der Waals surface area (Å²) in [6.07, 6.45) is 8.41. The van der Waals surface area contributed by atoms with Crippen molar-refractivity contribution in [2.45, 2.75) is 68.5 Å². The summed E-state index contributed by atoms with van der Waals surface area (Å²) in [5.74, 6) is 1.65. The van der Waals surface area contributed by atoms with Gasteiger partial charge in [0.25, 0.3) is 0 Å². The molecular weight excluding hydrogens is 412 g/mol. The number of hydrogen-bond donors (Lipinski definition) is 1. The topological polar surface area (TPSA) is 55.8 Å². The molecule has 0 radical (unpaired) electrons. The van der Waals surface area contributed by atoms with E-state index >= 15 is 0 Å². The van der Waals surface area contributed by atoms with E-state index in [0.717, 1.165) is 50.5 Å². The van der Waals surface area contributed by atoms with E-state index in [1.54, 1.807) is 6.07 Å². The van der Waals surface area contributed by atoms with Crippen molar-refractivity contribution >= 4 is 5.78 Å². The molecule has 2 bridgehead atoms. The highest BCUT2D eigenvalue weighted by molar-refractivity contribution is 5.90. The monoisotopic (exact) mass is 444 g/mol. The number of phenols is 1. The van der Waals surface area contributed by atoms with Crippen LogP contribution in [0.15, 0.2) is 55.1 Å². The molecule has 172 valence electrons. The first kappa shape index (κ1) is 21.0. The van der Waals surface area contributed by atoms with E-state index < -0.39 is 17.1 Å². The molecular formula is C29H32O4. The molecule has 0 saturated heterocycles. The predicted molar refractivity (Wildman–Crippen MR) is 127 cm³/mol. The van der Waals surface area contributed by atoms with Crippen molar-refractivity contribution in [3.05, 3.63) is 71.8 Å². The Morgan fingerprint density at radius 3 is 2.85 bits per heavy atom. The number of benzene rings is 2. The van der Waals surface area contributed by atoms with E-state index in [0.29, 0.717) is 30.6 Å². The molecule has 1 N–H and O–H groups in total. The highest BCUT2D eigenvalue weighted by Crippen LogP contribution is 2.69. The normalized spacial score (nSPS) is 33.3. The molecule has 3 aliphatic carbocycles. The third-order valence-corrected chi connectivity index (χ3v) is 8.94. The summed E-state index contributed by atoms with van der Waals surface area (Å²) in [6, 6.07) is 14.3. The summed E-state index contributed by atoms with van der Waals surface area (Å²) in [5, 5.41) is 10.7. The van der Waals surface area contributed by atoms with Gasteiger partial charge < -0.3 is 14.6 Å². The molecule has 0 amide bonds. The third kappa shape index (κ3) is 2.83. The van der Waals surface area contributed by atoms with Crippen LogP contribution in [0.1, 0.15) is 55.2 Å². The number of ketones is 1. The van der Waals surface area contributed by atoms with Gasteiger partial charge in [-0.1, -0.05) is 42.5 Å². The maximum Gasteiger partial charge on any atom is 0.174 e. The minimum absolute atomic E-state index is 0.148. The van der Waals surface area contributed by atoms with Crippen molar-refractivity contribution in [2.24, 2.45) is 11.8 Å². The lowest BCUT2D eigenvalue weighted by Crippen LogP contribution is -2.72. The second kappa shape index (κ2) is 7.73. The van der Waals surface area contributed by atoms with Crippen LogP contribution in [0.2, 0.25) is 0 Å². The summed E-state index contributed by atoms with van der Waals surface area (Å²) >= 11 is 0. The number of aromatic hydroxyl groups is 1. The number of ether oxygens (including phenoxy) is 2. The van der Waals surface area contributed by atoms with Gasteiger partial charge in [0.15, 0.2) is 23.4 Å². The first-order chi connectivity index (χ1) is 16.1. The molecule has 5 atom stereocenters.